The molecule has 0 spiro atoms. The molecule has 2 aromatic carbocycles. The molecule has 0 fully saturated rings. The number of hydrogen-bond donors (Lipinski definition) is 1. The molecule has 0 unspecified atom stereocenters. The summed E-state index contributed by atoms with van der Waals surface area (Å²) in [5, 5.41) is 19.1. The van der Waals surface area contributed by atoms with Crippen molar-refractivity contribution in [2.45, 2.75) is 4.90 Å². The number of fused-ring (bicyclic) bond motifs is 1. The van der Waals surface area contributed by atoms with Gasteiger partial charge in [0.05, 0.1) is 16.6 Å². The van der Waals surface area contributed by atoms with Crippen molar-refractivity contribution in [3.8, 4) is 22.5 Å². The zero-order chi connectivity index (χ0) is 17.6. The highest BCUT2D eigenvalue weighted by molar-refractivity contribution is 7.90. The maximum Gasteiger partial charge on any atom is 0.206 e. The van der Waals surface area contributed by atoms with Gasteiger partial charge in [-0.3, -0.25) is 4.68 Å². The summed E-state index contributed by atoms with van der Waals surface area (Å²) in [6.45, 7) is 0. The number of tetrazole rings is 1. The van der Waals surface area contributed by atoms with E-state index in [-0.39, 0.29) is 10.7 Å². The van der Waals surface area contributed by atoms with Crippen LogP contribution < -0.4 is 0 Å². The smallest absolute Gasteiger partial charge is 0.206 e. The molecule has 1 N–H and O–H groups in total. The highest BCUT2D eigenvalue weighted by Crippen LogP contribution is 2.36. The van der Waals surface area contributed by atoms with E-state index in [1.807, 2.05) is 31.3 Å². The van der Waals surface area contributed by atoms with Gasteiger partial charge < -0.3 is 0 Å². The Kier molecular flexibility index (Phi) is 3.39. The first-order valence-electron chi connectivity index (χ1n) is 7.44. The van der Waals surface area contributed by atoms with Crippen LogP contribution in [0, 0.1) is 0 Å². The van der Waals surface area contributed by atoms with E-state index in [9.17, 15) is 8.42 Å². The molecule has 0 aliphatic carbocycles. The van der Waals surface area contributed by atoms with Gasteiger partial charge in [0.1, 0.15) is 0 Å². The number of aromatic amines is 1. The van der Waals surface area contributed by atoms with Gasteiger partial charge in [0.2, 0.25) is 5.82 Å². The summed E-state index contributed by atoms with van der Waals surface area (Å²) in [6.07, 6.45) is 2.94. The lowest BCUT2D eigenvalue weighted by Gasteiger charge is -2.11. The van der Waals surface area contributed by atoms with Crippen LogP contribution in [0.5, 0.6) is 0 Å². The highest BCUT2D eigenvalue weighted by Gasteiger charge is 2.22. The van der Waals surface area contributed by atoms with Gasteiger partial charge >= 0.3 is 0 Å². The van der Waals surface area contributed by atoms with Crippen molar-refractivity contribution in [2.24, 2.45) is 7.05 Å². The van der Waals surface area contributed by atoms with Crippen molar-refractivity contribution < 1.29 is 8.42 Å². The zero-order valence-corrected chi connectivity index (χ0v) is 14.3. The number of nitrogens with zero attached hydrogens (tertiary/aromatic N) is 5. The average Bonchev–Trinajstić information content (AvgIpc) is 3.23. The largest absolute Gasteiger partial charge is 0.268 e. The van der Waals surface area contributed by atoms with E-state index >= 15 is 0 Å². The predicted molar refractivity (Wildman–Crippen MR) is 92.4 cm³/mol. The Labute approximate surface area is 143 Å². The molecule has 25 heavy (non-hydrogen) atoms. The molecule has 0 bridgehead atoms. The molecule has 0 aliphatic rings. The van der Waals surface area contributed by atoms with E-state index in [4.69, 9.17) is 0 Å². The van der Waals surface area contributed by atoms with Gasteiger partial charge in [-0.15, -0.1) is 10.2 Å². The van der Waals surface area contributed by atoms with Crippen LogP contribution in [0.3, 0.4) is 0 Å². The predicted octanol–water partition coefficient (Wildman–Crippen LogP) is 1.82. The van der Waals surface area contributed by atoms with E-state index < -0.39 is 9.84 Å². The summed E-state index contributed by atoms with van der Waals surface area (Å²) >= 11 is 0. The van der Waals surface area contributed by atoms with Gasteiger partial charge in [0.15, 0.2) is 9.84 Å². The van der Waals surface area contributed by atoms with Crippen LogP contribution in [0.15, 0.2) is 47.5 Å². The topological polar surface area (TPSA) is 106 Å². The SMILES string of the molecule is Cn1ncc2cc(-c3cccc(S(C)(=O)=O)c3-c3nn[nH]n3)ccc21. The number of sulfone groups is 1. The quantitative estimate of drug-likeness (QED) is 0.601. The van der Waals surface area contributed by atoms with E-state index in [2.05, 4.69) is 25.7 Å². The third-order valence-electron chi connectivity index (χ3n) is 4.05. The number of benzene rings is 2. The first kappa shape index (κ1) is 15.5. The molecule has 2 heterocycles. The maximum atomic E-state index is 12.2. The minimum absolute atomic E-state index is 0.165. The Bertz CT molecular complexity index is 1180. The molecule has 0 saturated heterocycles. The van der Waals surface area contributed by atoms with Crippen molar-refractivity contribution >= 4 is 20.7 Å². The fourth-order valence-corrected chi connectivity index (χ4v) is 3.81. The lowest BCUT2D eigenvalue weighted by molar-refractivity contribution is 0.602. The molecular weight excluding hydrogens is 340 g/mol. The van der Waals surface area contributed by atoms with E-state index in [1.54, 1.807) is 23.0 Å². The van der Waals surface area contributed by atoms with Crippen LogP contribution in [0.2, 0.25) is 0 Å². The molecule has 0 amide bonds. The van der Waals surface area contributed by atoms with Gasteiger partial charge in [-0.05, 0) is 34.5 Å². The van der Waals surface area contributed by atoms with E-state index in [1.165, 1.54) is 6.26 Å². The maximum absolute atomic E-state index is 12.2. The second-order valence-corrected chi connectivity index (χ2v) is 7.71. The van der Waals surface area contributed by atoms with Crippen molar-refractivity contribution in [1.29, 1.82) is 0 Å². The van der Waals surface area contributed by atoms with E-state index in [0.717, 1.165) is 22.0 Å². The molecule has 4 aromatic rings. The van der Waals surface area contributed by atoms with Crippen molar-refractivity contribution in [2.75, 3.05) is 6.26 Å². The fraction of sp³-hybridized carbons (Fsp3) is 0.125. The van der Waals surface area contributed by atoms with Crippen LogP contribution in [0.1, 0.15) is 0 Å². The summed E-state index contributed by atoms with van der Waals surface area (Å²) in [6, 6.07) is 10.9. The van der Waals surface area contributed by atoms with Gasteiger partial charge in [0.25, 0.3) is 0 Å². The summed E-state index contributed by atoms with van der Waals surface area (Å²) in [5.41, 5.74) is 2.99. The molecule has 126 valence electrons. The van der Waals surface area contributed by atoms with Gasteiger partial charge in [-0.1, -0.05) is 18.2 Å². The zero-order valence-electron chi connectivity index (χ0n) is 13.5. The Morgan fingerprint density at radius 2 is 2.00 bits per heavy atom. The average molecular weight is 354 g/mol. The Morgan fingerprint density at radius 3 is 2.72 bits per heavy atom. The van der Waals surface area contributed by atoms with E-state index in [0.29, 0.717) is 5.56 Å². The molecule has 0 aliphatic heterocycles. The standard InChI is InChI=1S/C16H14N6O2S/c1-22-13-7-6-10(8-11(13)9-17-22)12-4-3-5-14(25(2,23)24)15(12)16-18-20-21-19-16/h3-9H,1-2H3,(H,18,19,20,21). The van der Waals surface area contributed by atoms with Crippen LogP contribution in [0.25, 0.3) is 33.4 Å². The third kappa shape index (κ3) is 2.58. The number of aromatic nitrogens is 6. The van der Waals surface area contributed by atoms with Crippen LogP contribution >= 0.6 is 0 Å². The molecule has 0 radical (unpaired) electrons. The second-order valence-electron chi connectivity index (χ2n) is 5.73. The first-order valence-corrected chi connectivity index (χ1v) is 9.33. The van der Waals surface area contributed by atoms with Crippen molar-refractivity contribution in [1.82, 2.24) is 30.4 Å². The highest BCUT2D eigenvalue weighted by atomic mass is 32.2. The summed E-state index contributed by atoms with van der Waals surface area (Å²) in [5.74, 6) is 0.238. The van der Waals surface area contributed by atoms with Gasteiger partial charge in [-0.25, -0.2) is 8.42 Å². The Morgan fingerprint density at radius 1 is 1.16 bits per heavy atom. The normalized spacial score (nSPS) is 11.9. The van der Waals surface area contributed by atoms with Crippen LogP contribution in [0.4, 0.5) is 0 Å². The number of H-pyrrole nitrogens is 1. The summed E-state index contributed by atoms with van der Waals surface area (Å²) in [4.78, 5) is 0.165. The summed E-state index contributed by atoms with van der Waals surface area (Å²) in [7, 11) is -1.59. The number of rotatable bonds is 3. The monoisotopic (exact) mass is 354 g/mol. The molecule has 0 saturated carbocycles. The Hall–Kier alpha value is -3.07. The molecular formula is C16H14N6O2S. The number of nitrogens with one attached hydrogen (secondary N) is 1. The fourth-order valence-electron chi connectivity index (χ4n) is 2.91. The molecule has 0 atom stereocenters. The minimum Gasteiger partial charge on any atom is -0.268 e. The van der Waals surface area contributed by atoms with Gasteiger partial charge in [0, 0.05) is 24.3 Å². The lowest BCUT2D eigenvalue weighted by atomic mass is 9.98. The van der Waals surface area contributed by atoms with Crippen molar-refractivity contribution in [3.05, 3.63) is 42.6 Å². The third-order valence-corrected chi connectivity index (χ3v) is 5.19. The summed E-state index contributed by atoms with van der Waals surface area (Å²) < 4.78 is 26.3. The van der Waals surface area contributed by atoms with Crippen molar-refractivity contribution in [3.63, 3.8) is 0 Å². The molecule has 8 nitrogen and oxygen atoms in total. The number of aryl methyl sites for hydroxylation is 1. The molecule has 9 heteroatoms. The van der Waals surface area contributed by atoms with Gasteiger partial charge in [-0.2, -0.15) is 10.3 Å². The minimum atomic E-state index is -3.47. The molecule has 2 aromatic heterocycles. The van der Waals surface area contributed by atoms with Crippen LogP contribution in [-0.4, -0.2) is 45.1 Å². The molecule has 4 rings (SSSR count). The lowest BCUT2D eigenvalue weighted by Crippen LogP contribution is -2.02. The Balaban J connectivity index is 2.03. The second kappa shape index (κ2) is 5.49. The van der Waals surface area contributed by atoms with Crippen LogP contribution in [-0.2, 0) is 16.9 Å². The first-order chi connectivity index (χ1) is 11.9. The number of hydrogen-bond acceptors (Lipinski definition) is 6.